The lowest BCUT2D eigenvalue weighted by atomic mass is 9.76. The zero-order chi connectivity index (χ0) is 13.8. The van der Waals surface area contributed by atoms with Crippen LogP contribution in [0.2, 0.25) is 0 Å². The second kappa shape index (κ2) is 7.08. The highest BCUT2D eigenvalue weighted by Crippen LogP contribution is 2.40. The molecular formula is C17H32O2. The summed E-state index contributed by atoms with van der Waals surface area (Å²) in [6, 6.07) is 0. The van der Waals surface area contributed by atoms with Crippen molar-refractivity contribution in [1.82, 2.24) is 0 Å². The third-order valence-corrected chi connectivity index (χ3v) is 5.72. The Kier molecular flexibility index (Phi) is 5.70. The molecule has 0 aliphatic heterocycles. The van der Waals surface area contributed by atoms with Gasteiger partial charge in [0.25, 0.3) is 0 Å². The topological polar surface area (TPSA) is 18.5 Å². The van der Waals surface area contributed by atoms with Crippen LogP contribution in [0.15, 0.2) is 0 Å². The zero-order valence-electron chi connectivity index (χ0n) is 13.2. The van der Waals surface area contributed by atoms with E-state index in [-0.39, 0.29) is 0 Å². The van der Waals surface area contributed by atoms with Crippen LogP contribution in [0.3, 0.4) is 0 Å². The van der Waals surface area contributed by atoms with Crippen molar-refractivity contribution in [2.75, 3.05) is 14.2 Å². The molecule has 0 heterocycles. The van der Waals surface area contributed by atoms with E-state index in [0.717, 1.165) is 23.7 Å². The Morgan fingerprint density at radius 3 is 2.47 bits per heavy atom. The van der Waals surface area contributed by atoms with Crippen molar-refractivity contribution >= 4 is 0 Å². The van der Waals surface area contributed by atoms with Gasteiger partial charge in [-0.3, -0.25) is 0 Å². The minimum Gasteiger partial charge on any atom is -0.381 e. The van der Waals surface area contributed by atoms with E-state index in [2.05, 4.69) is 13.8 Å². The van der Waals surface area contributed by atoms with Gasteiger partial charge in [-0.15, -0.1) is 0 Å². The number of hydrogen-bond acceptors (Lipinski definition) is 2. The number of methoxy groups -OCH3 is 2. The molecule has 2 aliphatic rings. The summed E-state index contributed by atoms with van der Waals surface area (Å²) in [7, 11) is 3.75. The molecule has 2 fully saturated rings. The Morgan fingerprint density at radius 2 is 1.84 bits per heavy atom. The van der Waals surface area contributed by atoms with Gasteiger partial charge in [-0.25, -0.2) is 0 Å². The minimum absolute atomic E-state index is 0.510. The number of rotatable bonds is 5. The Hall–Kier alpha value is -0.0800. The van der Waals surface area contributed by atoms with E-state index in [0.29, 0.717) is 12.2 Å². The molecule has 0 spiro atoms. The van der Waals surface area contributed by atoms with E-state index >= 15 is 0 Å². The van der Waals surface area contributed by atoms with Crippen LogP contribution >= 0.6 is 0 Å². The molecular weight excluding hydrogens is 236 g/mol. The van der Waals surface area contributed by atoms with Gasteiger partial charge in [0, 0.05) is 14.2 Å². The van der Waals surface area contributed by atoms with E-state index < -0.39 is 0 Å². The second-order valence-corrected chi connectivity index (χ2v) is 7.09. The molecule has 112 valence electrons. The van der Waals surface area contributed by atoms with Gasteiger partial charge in [-0.2, -0.15) is 0 Å². The lowest BCUT2D eigenvalue weighted by Gasteiger charge is -2.33. The highest BCUT2D eigenvalue weighted by molar-refractivity contribution is 4.85. The van der Waals surface area contributed by atoms with Crippen molar-refractivity contribution in [2.45, 2.75) is 71.0 Å². The van der Waals surface area contributed by atoms with Crippen molar-refractivity contribution in [3.05, 3.63) is 0 Å². The summed E-state index contributed by atoms with van der Waals surface area (Å²) in [5.41, 5.74) is 0. The van der Waals surface area contributed by atoms with Crippen molar-refractivity contribution < 1.29 is 9.47 Å². The molecule has 0 bridgehead atoms. The molecule has 2 heteroatoms. The minimum atomic E-state index is 0.510. The van der Waals surface area contributed by atoms with E-state index in [1.54, 1.807) is 0 Å². The third kappa shape index (κ3) is 3.95. The Balaban J connectivity index is 1.79. The molecule has 2 rings (SSSR count). The van der Waals surface area contributed by atoms with Crippen LogP contribution in [0, 0.1) is 23.7 Å². The van der Waals surface area contributed by atoms with Crippen LogP contribution in [0.4, 0.5) is 0 Å². The van der Waals surface area contributed by atoms with E-state index in [1.165, 1.54) is 44.9 Å². The smallest absolute Gasteiger partial charge is 0.0599 e. The lowest BCUT2D eigenvalue weighted by Crippen LogP contribution is -2.26. The van der Waals surface area contributed by atoms with Crippen LogP contribution in [0.1, 0.15) is 58.8 Å². The van der Waals surface area contributed by atoms with E-state index in [9.17, 15) is 0 Å². The van der Waals surface area contributed by atoms with E-state index in [4.69, 9.17) is 9.47 Å². The molecule has 0 saturated heterocycles. The SMILES string of the molecule is COC1CCCC(C(C)CC2C[C@H](C)[C@H](OC)C2)C1. The molecule has 2 saturated carbocycles. The predicted molar refractivity (Wildman–Crippen MR) is 79.2 cm³/mol. The van der Waals surface area contributed by atoms with Gasteiger partial charge in [-0.1, -0.05) is 26.7 Å². The van der Waals surface area contributed by atoms with Crippen LogP contribution in [-0.4, -0.2) is 26.4 Å². The Morgan fingerprint density at radius 1 is 1.05 bits per heavy atom. The standard InChI is InChI=1S/C17H32O2/c1-12(15-6-5-7-16(11-15)18-3)8-14-9-13(2)17(10-14)19-4/h12-17H,5-11H2,1-4H3/t12?,13-,14?,15?,16?,17+/m0/s1. The first kappa shape index (κ1) is 15.3. The highest BCUT2D eigenvalue weighted by atomic mass is 16.5. The Bertz CT molecular complexity index is 266. The van der Waals surface area contributed by atoms with Crippen LogP contribution in [-0.2, 0) is 9.47 Å². The first-order valence-corrected chi connectivity index (χ1v) is 8.19. The molecule has 0 aromatic heterocycles. The average molecular weight is 268 g/mol. The van der Waals surface area contributed by atoms with Crippen molar-refractivity contribution in [3.63, 3.8) is 0 Å². The maximum absolute atomic E-state index is 5.60. The first-order valence-electron chi connectivity index (χ1n) is 8.19. The van der Waals surface area contributed by atoms with Gasteiger partial charge in [-0.05, 0) is 55.8 Å². The first-order chi connectivity index (χ1) is 9.13. The van der Waals surface area contributed by atoms with Gasteiger partial charge >= 0.3 is 0 Å². The van der Waals surface area contributed by atoms with Gasteiger partial charge in [0.1, 0.15) is 0 Å². The maximum Gasteiger partial charge on any atom is 0.0599 e. The van der Waals surface area contributed by atoms with E-state index in [1.807, 2.05) is 14.2 Å². The predicted octanol–water partition coefficient (Wildman–Crippen LogP) is 4.28. The van der Waals surface area contributed by atoms with Crippen LogP contribution in [0.5, 0.6) is 0 Å². The summed E-state index contributed by atoms with van der Waals surface area (Å²) in [6.45, 7) is 4.81. The fourth-order valence-corrected chi connectivity index (χ4v) is 4.49. The zero-order valence-corrected chi connectivity index (χ0v) is 13.2. The molecule has 0 amide bonds. The van der Waals surface area contributed by atoms with Crippen LogP contribution < -0.4 is 0 Å². The monoisotopic (exact) mass is 268 g/mol. The molecule has 6 atom stereocenters. The third-order valence-electron chi connectivity index (χ3n) is 5.72. The van der Waals surface area contributed by atoms with Gasteiger partial charge in [0.05, 0.1) is 12.2 Å². The fourth-order valence-electron chi connectivity index (χ4n) is 4.49. The summed E-state index contributed by atoms with van der Waals surface area (Å²) in [5.74, 6) is 3.37. The summed E-state index contributed by atoms with van der Waals surface area (Å²) >= 11 is 0. The second-order valence-electron chi connectivity index (χ2n) is 7.09. The molecule has 0 radical (unpaired) electrons. The summed E-state index contributed by atoms with van der Waals surface area (Å²) in [6.07, 6.45) is 10.4. The number of ether oxygens (including phenoxy) is 2. The fraction of sp³-hybridized carbons (Fsp3) is 1.00. The molecule has 0 N–H and O–H groups in total. The maximum atomic E-state index is 5.60. The van der Waals surface area contributed by atoms with Crippen molar-refractivity contribution in [2.24, 2.45) is 23.7 Å². The average Bonchev–Trinajstić information content (AvgIpc) is 2.78. The molecule has 4 unspecified atom stereocenters. The number of hydrogen-bond donors (Lipinski definition) is 0. The lowest BCUT2D eigenvalue weighted by molar-refractivity contribution is 0.0352. The molecule has 2 nitrogen and oxygen atoms in total. The van der Waals surface area contributed by atoms with Crippen molar-refractivity contribution in [3.8, 4) is 0 Å². The Labute approximate surface area is 119 Å². The normalized spacial score (nSPS) is 41.4. The molecule has 2 aliphatic carbocycles. The molecule has 0 aromatic carbocycles. The molecule has 0 aromatic rings. The summed E-state index contributed by atoms with van der Waals surface area (Å²) < 4.78 is 11.2. The quantitative estimate of drug-likeness (QED) is 0.741. The van der Waals surface area contributed by atoms with Gasteiger partial charge in [0.15, 0.2) is 0 Å². The van der Waals surface area contributed by atoms with Gasteiger partial charge < -0.3 is 9.47 Å². The summed E-state index contributed by atoms with van der Waals surface area (Å²) in [5, 5.41) is 0. The van der Waals surface area contributed by atoms with Crippen LogP contribution in [0.25, 0.3) is 0 Å². The molecule has 19 heavy (non-hydrogen) atoms. The largest absolute Gasteiger partial charge is 0.381 e. The highest BCUT2D eigenvalue weighted by Gasteiger charge is 2.34. The summed E-state index contributed by atoms with van der Waals surface area (Å²) in [4.78, 5) is 0. The van der Waals surface area contributed by atoms with Crippen molar-refractivity contribution in [1.29, 1.82) is 0 Å². The van der Waals surface area contributed by atoms with Gasteiger partial charge in [0.2, 0.25) is 0 Å².